The second kappa shape index (κ2) is 8.88. The molecule has 9 heteroatoms. The predicted octanol–water partition coefficient (Wildman–Crippen LogP) is 4.20. The van der Waals surface area contributed by atoms with Crippen LogP contribution < -0.4 is 15.5 Å². The van der Waals surface area contributed by atoms with Crippen molar-refractivity contribution in [3.05, 3.63) is 76.7 Å². The van der Waals surface area contributed by atoms with Crippen LogP contribution in [0.4, 0.5) is 5.69 Å². The van der Waals surface area contributed by atoms with Crippen molar-refractivity contribution in [3.8, 4) is 5.75 Å². The minimum atomic E-state index is -0.244. The Morgan fingerprint density at radius 1 is 1.19 bits per heavy atom. The highest BCUT2D eigenvalue weighted by molar-refractivity contribution is 7.99. The van der Waals surface area contributed by atoms with Gasteiger partial charge in [-0.3, -0.25) is 4.79 Å². The number of allylic oxidation sites excluding steroid dienone is 2. The molecule has 1 aliphatic rings. The van der Waals surface area contributed by atoms with Crippen LogP contribution in [0, 0.1) is 0 Å². The number of nitrogens with two attached hydrogens (primary N) is 1. The average Bonchev–Trinajstić information content (AvgIpc) is 3.22. The van der Waals surface area contributed by atoms with E-state index < -0.39 is 0 Å². The molecule has 1 aromatic heterocycles. The lowest BCUT2D eigenvalue weighted by Crippen LogP contribution is -2.24. The van der Waals surface area contributed by atoms with Gasteiger partial charge in [0.05, 0.1) is 5.75 Å². The number of para-hydroxylation sites is 1. The van der Waals surface area contributed by atoms with Gasteiger partial charge in [-0.1, -0.05) is 55.4 Å². The average molecular weight is 470 g/mol. The Bertz CT molecular complexity index is 1170. The maximum Gasteiger partial charge on any atom is 0.210 e. The van der Waals surface area contributed by atoms with Crippen LogP contribution in [0.3, 0.4) is 0 Å². The Hall–Kier alpha value is -2.97. The number of thioether (sulfide) groups is 1. The summed E-state index contributed by atoms with van der Waals surface area (Å²) in [5.74, 6) is 7.40. The molecule has 0 amide bonds. The second-order valence-corrected chi connectivity index (χ2v) is 9.38. The van der Waals surface area contributed by atoms with E-state index in [1.54, 1.807) is 30.3 Å². The number of carbonyl (C=O) groups is 1. The highest BCUT2D eigenvalue weighted by atomic mass is 35.5. The first-order chi connectivity index (χ1) is 15.3. The van der Waals surface area contributed by atoms with E-state index >= 15 is 0 Å². The minimum absolute atomic E-state index is 0.0142. The summed E-state index contributed by atoms with van der Waals surface area (Å²) in [4.78, 5) is 14.8. The van der Waals surface area contributed by atoms with Crippen molar-refractivity contribution >= 4 is 34.8 Å². The van der Waals surface area contributed by atoms with Crippen molar-refractivity contribution in [3.63, 3.8) is 0 Å². The zero-order chi connectivity index (χ0) is 22.9. The summed E-state index contributed by atoms with van der Waals surface area (Å²) in [5, 5.41) is 9.25. The smallest absolute Gasteiger partial charge is 0.210 e. The molecule has 2 aromatic carbocycles. The summed E-state index contributed by atoms with van der Waals surface area (Å²) >= 11 is 7.13. The van der Waals surface area contributed by atoms with Crippen LogP contribution in [0.15, 0.2) is 65.5 Å². The van der Waals surface area contributed by atoms with Gasteiger partial charge in [0.15, 0.2) is 11.6 Å². The number of fused-ring (bicyclic) bond motifs is 1. The fraction of sp³-hybridized carbons (Fsp3) is 0.261. The van der Waals surface area contributed by atoms with Gasteiger partial charge in [-0.15, -0.1) is 10.2 Å². The van der Waals surface area contributed by atoms with E-state index in [1.807, 2.05) is 19.2 Å². The quantitative estimate of drug-likeness (QED) is 0.315. The SMILES string of the molecule is CN1/C(=C/C(=O)CSc2nnc(COc3ccc(Cl)cc3)n2N)C(C)(C)c2ccccc21. The van der Waals surface area contributed by atoms with Crippen molar-refractivity contribution in [1.82, 2.24) is 14.9 Å². The van der Waals surface area contributed by atoms with Gasteiger partial charge in [0.2, 0.25) is 5.16 Å². The summed E-state index contributed by atoms with van der Waals surface area (Å²) in [7, 11) is 1.99. The van der Waals surface area contributed by atoms with Crippen LogP contribution in [-0.2, 0) is 16.8 Å². The molecule has 2 heterocycles. The molecular weight excluding hydrogens is 446 g/mol. The van der Waals surface area contributed by atoms with Crippen LogP contribution in [0.5, 0.6) is 5.75 Å². The summed E-state index contributed by atoms with van der Waals surface area (Å²) in [6, 6.07) is 15.2. The summed E-state index contributed by atoms with van der Waals surface area (Å²) < 4.78 is 7.02. The first kappa shape index (κ1) is 22.2. The van der Waals surface area contributed by atoms with Gasteiger partial charge >= 0.3 is 0 Å². The molecular formula is C23H24ClN5O2S. The molecule has 0 saturated carbocycles. The number of nitrogen functional groups attached to an aromatic ring is 1. The highest BCUT2D eigenvalue weighted by Crippen LogP contribution is 2.46. The van der Waals surface area contributed by atoms with Crippen molar-refractivity contribution in [2.45, 2.75) is 31.0 Å². The molecule has 0 spiro atoms. The Morgan fingerprint density at radius 2 is 1.91 bits per heavy atom. The van der Waals surface area contributed by atoms with Crippen molar-refractivity contribution in [2.75, 3.05) is 23.5 Å². The van der Waals surface area contributed by atoms with E-state index in [0.717, 1.165) is 11.4 Å². The molecule has 7 nitrogen and oxygen atoms in total. The first-order valence-electron chi connectivity index (χ1n) is 10.1. The van der Waals surface area contributed by atoms with E-state index in [0.29, 0.717) is 21.8 Å². The van der Waals surface area contributed by atoms with Crippen LogP contribution in [0.2, 0.25) is 5.02 Å². The molecule has 0 unspecified atom stereocenters. The number of hydrogen-bond acceptors (Lipinski definition) is 7. The number of aromatic nitrogens is 3. The lowest BCUT2D eigenvalue weighted by Gasteiger charge is -2.23. The fourth-order valence-electron chi connectivity index (χ4n) is 3.77. The predicted molar refractivity (Wildman–Crippen MR) is 128 cm³/mol. The van der Waals surface area contributed by atoms with Crippen LogP contribution in [0.25, 0.3) is 0 Å². The van der Waals surface area contributed by atoms with Crippen molar-refractivity contribution in [2.24, 2.45) is 0 Å². The number of halogens is 1. The van der Waals surface area contributed by atoms with Gasteiger partial charge in [-0.2, -0.15) is 0 Å². The van der Waals surface area contributed by atoms with E-state index in [-0.39, 0.29) is 23.6 Å². The molecule has 3 aromatic rings. The van der Waals surface area contributed by atoms with Gasteiger partial charge in [0.1, 0.15) is 12.4 Å². The summed E-state index contributed by atoms with van der Waals surface area (Å²) in [5.41, 5.74) is 3.05. The zero-order valence-electron chi connectivity index (χ0n) is 18.1. The number of ketones is 1. The Kier molecular flexibility index (Phi) is 6.17. The molecule has 32 heavy (non-hydrogen) atoms. The standard InChI is InChI=1S/C23H24ClN5O2S/c1-23(2)18-6-4-5-7-19(18)28(3)20(23)12-16(30)14-32-22-27-26-21(29(22)25)13-31-17-10-8-15(24)9-11-17/h4-12H,13-14,25H2,1-3H3/b20-12+. The topological polar surface area (TPSA) is 86.3 Å². The molecule has 0 bridgehead atoms. The number of benzene rings is 2. The van der Waals surface area contributed by atoms with Gasteiger partial charge in [-0.05, 0) is 35.9 Å². The van der Waals surface area contributed by atoms with E-state index in [1.165, 1.54) is 22.0 Å². The van der Waals surface area contributed by atoms with Crippen molar-refractivity contribution < 1.29 is 9.53 Å². The van der Waals surface area contributed by atoms with E-state index in [2.05, 4.69) is 41.1 Å². The van der Waals surface area contributed by atoms with Gasteiger partial charge in [0, 0.05) is 34.9 Å². The lowest BCUT2D eigenvalue weighted by atomic mass is 9.83. The largest absolute Gasteiger partial charge is 0.486 e. The maximum absolute atomic E-state index is 12.8. The molecule has 0 aliphatic carbocycles. The third-order valence-electron chi connectivity index (χ3n) is 5.50. The van der Waals surface area contributed by atoms with Crippen LogP contribution >= 0.6 is 23.4 Å². The molecule has 0 saturated heterocycles. The third kappa shape index (κ3) is 4.33. The first-order valence-corrected chi connectivity index (χ1v) is 11.4. The van der Waals surface area contributed by atoms with Crippen molar-refractivity contribution in [1.29, 1.82) is 0 Å². The fourth-order valence-corrected chi connectivity index (χ4v) is 4.60. The normalized spacial score (nSPS) is 15.8. The molecule has 166 valence electrons. The molecule has 0 radical (unpaired) electrons. The van der Waals surface area contributed by atoms with Crippen LogP contribution in [0.1, 0.15) is 25.2 Å². The number of anilines is 1. The summed E-state index contributed by atoms with van der Waals surface area (Å²) in [6.07, 6.45) is 1.72. The van der Waals surface area contributed by atoms with Gasteiger partial charge in [0.25, 0.3) is 0 Å². The zero-order valence-corrected chi connectivity index (χ0v) is 19.7. The Morgan fingerprint density at radius 3 is 2.62 bits per heavy atom. The third-order valence-corrected chi connectivity index (χ3v) is 6.72. The maximum atomic E-state index is 12.8. The van der Waals surface area contributed by atoms with Crippen LogP contribution in [-0.4, -0.2) is 33.5 Å². The molecule has 4 rings (SSSR count). The van der Waals surface area contributed by atoms with Gasteiger partial charge < -0.3 is 15.5 Å². The molecule has 1 aliphatic heterocycles. The molecule has 0 fully saturated rings. The number of hydrogen-bond donors (Lipinski definition) is 1. The Labute approximate surface area is 196 Å². The molecule has 2 N–H and O–H groups in total. The minimum Gasteiger partial charge on any atom is -0.486 e. The number of ether oxygens (including phenoxy) is 1. The monoisotopic (exact) mass is 469 g/mol. The van der Waals surface area contributed by atoms with Gasteiger partial charge in [-0.25, -0.2) is 4.68 Å². The Balaban J connectivity index is 1.39. The molecule has 0 atom stereocenters. The lowest BCUT2D eigenvalue weighted by molar-refractivity contribution is -0.112. The highest BCUT2D eigenvalue weighted by Gasteiger charge is 2.38. The number of nitrogens with zero attached hydrogens (tertiary/aromatic N) is 4. The number of likely N-dealkylation sites (N-methyl/N-ethyl adjacent to an activating group) is 1. The second-order valence-electron chi connectivity index (χ2n) is 8.00. The number of rotatable bonds is 7. The summed E-state index contributed by atoms with van der Waals surface area (Å²) in [6.45, 7) is 4.41. The van der Waals surface area contributed by atoms with E-state index in [4.69, 9.17) is 22.2 Å². The van der Waals surface area contributed by atoms with E-state index in [9.17, 15) is 4.79 Å². The number of carbonyl (C=O) groups excluding carboxylic acids is 1.